The average Bonchev–Trinajstić information content (AvgIpc) is 3.52. The Balaban J connectivity index is 1.37. The van der Waals surface area contributed by atoms with E-state index >= 15 is 0 Å². The van der Waals surface area contributed by atoms with Crippen LogP contribution in [0.1, 0.15) is 20.8 Å². The van der Waals surface area contributed by atoms with Gasteiger partial charge in [-0.25, -0.2) is 4.98 Å². The summed E-state index contributed by atoms with van der Waals surface area (Å²) in [5.74, 6) is 1.52. The number of amides is 1. The summed E-state index contributed by atoms with van der Waals surface area (Å²) >= 11 is 1.78. The molecule has 6 rings (SSSR count). The Hall–Kier alpha value is -4.10. The first-order chi connectivity index (χ1) is 17.2. The second-order valence-corrected chi connectivity index (χ2v) is 9.51. The number of nitrogens with one attached hydrogen (secondary N) is 1. The van der Waals surface area contributed by atoms with Crippen LogP contribution in [0.3, 0.4) is 0 Å². The fourth-order valence-corrected chi connectivity index (χ4v) is 5.43. The number of benzene rings is 3. The molecule has 0 bridgehead atoms. The molecular formula is C28H24N4O2S. The normalized spacial score (nSPS) is 13.0. The van der Waals surface area contributed by atoms with E-state index in [1.54, 1.807) is 18.4 Å². The number of carbonyl (C=O) groups is 1. The number of para-hydroxylation sites is 1. The van der Waals surface area contributed by atoms with Gasteiger partial charge in [0.2, 0.25) is 5.95 Å². The third-order valence-corrected chi connectivity index (χ3v) is 7.38. The third kappa shape index (κ3) is 4.04. The quantitative estimate of drug-likeness (QED) is 0.333. The van der Waals surface area contributed by atoms with Crippen LogP contribution in [-0.4, -0.2) is 34.0 Å². The van der Waals surface area contributed by atoms with E-state index in [9.17, 15) is 4.79 Å². The molecule has 0 fully saturated rings. The highest BCUT2D eigenvalue weighted by Gasteiger charge is 2.23. The molecule has 1 N–H and O–H groups in total. The molecule has 1 aliphatic heterocycles. The molecule has 5 aromatic rings. The van der Waals surface area contributed by atoms with Gasteiger partial charge in [-0.3, -0.25) is 9.36 Å². The fraction of sp³-hybridized carbons (Fsp3) is 0.143. The van der Waals surface area contributed by atoms with Gasteiger partial charge in [-0.1, -0.05) is 18.2 Å². The standard InChI is InChI=1S/C28H24N4O2S/c1-34-23-10-8-21(9-11-23)29-28-30-24-17-19(7-12-25(24)32(28)22-5-3-2-4-6-22)27(33)31-15-13-26-20(18-31)14-16-35-26/h2-12,14,16-17H,13,15,18H2,1H3,(H,29,30). The van der Waals surface area contributed by atoms with Crippen LogP contribution >= 0.6 is 11.3 Å². The number of anilines is 2. The van der Waals surface area contributed by atoms with Crippen LogP contribution < -0.4 is 10.1 Å². The van der Waals surface area contributed by atoms with Crippen molar-refractivity contribution in [2.45, 2.75) is 13.0 Å². The number of hydrogen-bond donors (Lipinski definition) is 1. The molecule has 3 aromatic carbocycles. The number of thiophene rings is 1. The molecule has 35 heavy (non-hydrogen) atoms. The summed E-state index contributed by atoms with van der Waals surface area (Å²) in [6, 6.07) is 25.8. The van der Waals surface area contributed by atoms with Crippen LogP contribution in [0.15, 0.2) is 84.2 Å². The Kier molecular flexibility index (Phi) is 5.47. The molecule has 2 aromatic heterocycles. The number of imidazole rings is 1. The van der Waals surface area contributed by atoms with Gasteiger partial charge in [0, 0.05) is 34.9 Å². The van der Waals surface area contributed by atoms with Crippen LogP contribution in [-0.2, 0) is 13.0 Å². The average molecular weight is 481 g/mol. The topological polar surface area (TPSA) is 59.4 Å². The summed E-state index contributed by atoms with van der Waals surface area (Å²) in [4.78, 5) is 21.6. The van der Waals surface area contributed by atoms with Crippen LogP contribution in [0.2, 0.25) is 0 Å². The number of nitrogens with zero attached hydrogens (tertiary/aromatic N) is 3. The molecule has 0 saturated carbocycles. The summed E-state index contributed by atoms with van der Waals surface area (Å²) in [5, 5.41) is 5.54. The number of fused-ring (bicyclic) bond motifs is 2. The molecule has 0 radical (unpaired) electrons. The molecule has 1 aliphatic rings. The van der Waals surface area contributed by atoms with Crippen LogP contribution in [0.25, 0.3) is 16.7 Å². The van der Waals surface area contributed by atoms with Crippen molar-refractivity contribution >= 4 is 39.9 Å². The van der Waals surface area contributed by atoms with E-state index in [-0.39, 0.29) is 5.91 Å². The van der Waals surface area contributed by atoms with Gasteiger partial charge in [0.25, 0.3) is 5.91 Å². The Bertz CT molecular complexity index is 1510. The Morgan fingerprint density at radius 2 is 1.86 bits per heavy atom. The van der Waals surface area contributed by atoms with Gasteiger partial charge in [-0.15, -0.1) is 11.3 Å². The highest BCUT2D eigenvalue weighted by atomic mass is 32.1. The van der Waals surface area contributed by atoms with Gasteiger partial charge in [0.05, 0.1) is 18.1 Å². The molecule has 6 nitrogen and oxygen atoms in total. The first kappa shape index (κ1) is 21.4. The van der Waals surface area contributed by atoms with Crippen molar-refractivity contribution in [3.63, 3.8) is 0 Å². The van der Waals surface area contributed by atoms with E-state index in [1.807, 2.05) is 77.7 Å². The first-order valence-corrected chi connectivity index (χ1v) is 12.4. The molecule has 0 atom stereocenters. The summed E-state index contributed by atoms with van der Waals surface area (Å²) in [5.41, 5.74) is 5.51. The van der Waals surface area contributed by atoms with Crippen LogP contribution in [0.4, 0.5) is 11.6 Å². The molecule has 0 saturated heterocycles. The number of aromatic nitrogens is 2. The molecule has 174 valence electrons. The minimum Gasteiger partial charge on any atom is -0.497 e. The number of methoxy groups -OCH3 is 1. The third-order valence-electron chi connectivity index (χ3n) is 6.36. The van der Waals surface area contributed by atoms with E-state index in [2.05, 4.69) is 21.3 Å². The van der Waals surface area contributed by atoms with Crippen LogP contribution in [0, 0.1) is 0 Å². The summed E-state index contributed by atoms with van der Waals surface area (Å²) in [7, 11) is 1.65. The van der Waals surface area contributed by atoms with Crippen LogP contribution in [0.5, 0.6) is 5.75 Å². The van der Waals surface area contributed by atoms with Crippen molar-refractivity contribution in [1.29, 1.82) is 0 Å². The summed E-state index contributed by atoms with van der Waals surface area (Å²) in [6.45, 7) is 1.41. The van der Waals surface area contributed by atoms with Crippen molar-refractivity contribution in [2.75, 3.05) is 19.0 Å². The molecule has 0 unspecified atom stereocenters. The maximum Gasteiger partial charge on any atom is 0.254 e. The lowest BCUT2D eigenvalue weighted by Crippen LogP contribution is -2.35. The first-order valence-electron chi connectivity index (χ1n) is 11.5. The van der Waals surface area contributed by atoms with Crippen molar-refractivity contribution in [3.8, 4) is 11.4 Å². The van der Waals surface area contributed by atoms with Gasteiger partial charge in [-0.05, 0) is 78.0 Å². The monoisotopic (exact) mass is 480 g/mol. The van der Waals surface area contributed by atoms with Gasteiger partial charge >= 0.3 is 0 Å². The Morgan fingerprint density at radius 1 is 1.03 bits per heavy atom. The summed E-state index contributed by atoms with van der Waals surface area (Å²) in [6.07, 6.45) is 0.916. The molecule has 1 amide bonds. The van der Waals surface area contributed by atoms with Crippen molar-refractivity contribution in [3.05, 3.63) is 100 Å². The zero-order valence-corrected chi connectivity index (χ0v) is 20.1. The second kappa shape index (κ2) is 8.92. The zero-order chi connectivity index (χ0) is 23.8. The number of carbonyl (C=O) groups excluding carboxylic acids is 1. The van der Waals surface area contributed by atoms with Crippen molar-refractivity contribution < 1.29 is 9.53 Å². The minimum absolute atomic E-state index is 0.0441. The fourth-order valence-electron chi connectivity index (χ4n) is 4.54. The largest absolute Gasteiger partial charge is 0.497 e. The predicted octanol–water partition coefficient (Wildman–Crippen LogP) is 6.04. The number of rotatable bonds is 5. The highest BCUT2D eigenvalue weighted by molar-refractivity contribution is 7.10. The summed E-state index contributed by atoms with van der Waals surface area (Å²) < 4.78 is 7.35. The zero-order valence-electron chi connectivity index (χ0n) is 19.3. The maximum absolute atomic E-state index is 13.4. The maximum atomic E-state index is 13.4. The van der Waals surface area contributed by atoms with Crippen molar-refractivity contribution in [2.24, 2.45) is 0 Å². The van der Waals surface area contributed by atoms with E-state index in [4.69, 9.17) is 9.72 Å². The molecule has 0 aliphatic carbocycles. The van der Waals surface area contributed by atoms with Crippen molar-refractivity contribution in [1.82, 2.24) is 14.5 Å². The van der Waals surface area contributed by atoms with E-state index in [1.165, 1.54) is 10.4 Å². The number of ether oxygens (including phenoxy) is 1. The molecular weight excluding hydrogens is 456 g/mol. The second-order valence-electron chi connectivity index (χ2n) is 8.51. The minimum atomic E-state index is 0.0441. The van der Waals surface area contributed by atoms with E-state index in [0.717, 1.165) is 41.1 Å². The SMILES string of the molecule is COc1ccc(Nc2nc3cc(C(=O)N4CCc5sccc5C4)ccc3n2-c2ccccc2)cc1. The lowest BCUT2D eigenvalue weighted by molar-refractivity contribution is 0.0736. The Morgan fingerprint density at radius 3 is 2.66 bits per heavy atom. The predicted molar refractivity (Wildman–Crippen MR) is 140 cm³/mol. The van der Waals surface area contributed by atoms with E-state index < -0.39 is 0 Å². The highest BCUT2D eigenvalue weighted by Crippen LogP contribution is 2.30. The van der Waals surface area contributed by atoms with Gasteiger partial charge in [0.1, 0.15) is 5.75 Å². The Labute approximate surface area is 207 Å². The lowest BCUT2D eigenvalue weighted by atomic mass is 10.1. The van der Waals surface area contributed by atoms with Gasteiger partial charge < -0.3 is 15.0 Å². The molecule has 0 spiro atoms. The lowest BCUT2D eigenvalue weighted by Gasteiger charge is -2.27. The van der Waals surface area contributed by atoms with Gasteiger partial charge in [0.15, 0.2) is 0 Å². The van der Waals surface area contributed by atoms with Gasteiger partial charge in [-0.2, -0.15) is 0 Å². The molecule has 7 heteroatoms. The number of hydrogen-bond acceptors (Lipinski definition) is 5. The van der Waals surface area contributed by atoms with E-state index in [0.29, 0.717) is 18.1 Å². The smallest absolute Gasteiger partial charge is 0.254 e. The molecule has 3 heterocycles.